The SMILES string of the molecule is CCC1CCCC(N)(c2sccc2C)CC1. The van der Waals surface area contributed by atoms with Crippen molar-refractivity contribution in [2.45, 2.75) is 57.9 Å². The Kier molecular flexibility index (Phi) is 3.70. The number of hydrogen-bond acceptors (Lipinski definition) is 2. The van der Waals surface area contributed by atoms with Gasteiger partial charge in [0.1, 0.15) is 0 Å². The van der Waals surface area contributed by atoms with E-state index in [0.29, 0.717) is 0 Å². The summed E-state index contributed by atoms with van der Waals surface area (Å²) in [7, 11) is 0. The molecule has 2 atom stereocenters. The van der Waals surface area contributed by atoms with Crippen LogP contribution in [-0.4, -0.2) is 0 Å². The first kappa shape index (κ1) is 12.1. The van der Waals surface area contributed by atoms with Gasteiger partial charge in [-0.15, -0.1) is 11.3 Å². The van der Waals surface area contributed by atoms with Crippen LogP contribution in [0.25, 0.3) is 0 Å². The molecule has 0 aliphatic heterocycles. The lowest BCUT2D eigenvalue weighted by Gasteiger charge is -2.28. The van der Waals surface area contributed by atoms with Gasteiger partial charge in [0.05, 0.1) is 5.54 Å². The van der Waals surface area contributed by atoms with Gasteiger partial charge in [-0.25, -0.2) is 0 Å². The van der Waals surface area contributed by atoms with Crippen LogP contribution in [0.2, 0.25) is 0 Å². The van der Waals surface area contributed by atoms with Crippen molar-refractivity contribution >= 4 is 11.3 Å². The highest BCUT2D eigenvalue weighted by Crippen LogP contribution is 2.40. The van der Waals surface area contributed by atoms with E-state index in [1.807, 2.05) is 11.3 Å². The Morgan fingerprint density at radius 2 is 2.25 bits per heavy atom. The van der Waals surface area contributed by atoms with E-state index in [0.717, 1.165) is 5.92 Å². The van der Waals surface area contributed by atoms with Crippen molar-refractivity contribution in [1.29, 1.82) is 0 Å². The van der Waals surface area contributed by atoms with Crippen molar-refractivity contribution in [2.24, 2.45) is 11.7 Å². The zero-order valence-corrected chi connectivity index (χ0v) is 11.3. The second-order valence-corrected chi connectivity index (χ2v) is 6.21. The maximum Gasteiger partial charge on any atom is 0.0506 e. The molecule has 1 fully saturated rings. The molecule has 1 nitrogen and oxygen atoms in total. The summed E-state index contributed by atoms with van der Waals surface area (Å²) in [6.45, 7) is 4.51. The minimum absolute atomic E-state index is 0.0256. The number of nitrogens with two attached hydrogens (primary N) is 1. The van der Waals surface area contributed by atoms with Gasteiger partial charge in [-0.3, -0.25) is 0 Å². The first-order valence-corrected chi connectivity index (χ1v) is 7.37. The Bertz CT molecular complexity index is 344. The minimum atomic E-state index is -0.0256. The summed E-state index contributed by atoms with van der Waals surface area (Å²) in [6, 6.07) is 2.21. The largest absolute Gasteiger partial charge is 0.321 e. The molecule has 1 aromatic rings. The molecule has 0 spiro atoms. The quantitative estimate of drug-likeness (QED) is 0.766. The van der Waals surface area contributed by atoms with Crippen LogP contribution in [0, 0.1) is 12.8 Å². The number of hydrogen-bond donors (Lipinski definition) is 1. The van der Waals surface area contributed by atoms with E-state index >= 15 is 0 Å². The van der Waals surface area contributed by atoms with Gasteiger partial charge in [0, 0.05) is 4.88 Å². The van der Waals surface area contributed by atoms with Gasteiger partial charge in [0.25, 0.3) is 0 Å². The van der Waals surface area contributed by atoms with Gasteiger partial charge in [0.2, 0.25) is 0 Å². The van der Waals surface area contributed by atoms with E-state index in [-0.39, 0.29) is 5.54 Å². The van der Waals surface area contributed by atoms with Crippen LogP contribution in [0.3, 0.4) is 0 Å². The normalized spacial score (nSPS) is 31.3. The maximum absolute atomic E-state index is 6.65. The summed E-state index contributed by atoms with van der Waals surface area (Å²) in [5.41, 5.74) is 8.02. The van der Waals surface area contributed by atoms with Gasteiger partial charge in [0.15, 0.2) is 0 Å². The highest BCUT2D eigenvalue weighted by molar-refractivity contribution is 7.10. The fraction of sp³-hybridized carbons (Fsp3) is 0.714. The van der Waals surface area contributed by atoms with Crippen molar-refractivity contribution in [3.63, 3.8) is 0 Å². The molecule has 0 saturated heterocycles. The second kappa shape index (κ2) is 4.89. The monoisotopic (exact) mass is 237 g/mol. The van der Waals surface area contributed by atoms with Crippen molar-refractivity contribution < 1.29 is 0 Å². The Hall–Kier alpha value is -0.340. The van der Waals surface area contributed by atoms with E-state index in [4.69, 9.17) is 5.73 Å². The lowest BCUT2D eigenvalue weighted by atomic mass is 9.87. The molecule has 90 valence electrons. The Morgan fingerprint density at radius 1 is 1.44 bits per heavy atom. The molecule has 0 radical (unpaired) electrons. The van der Waals surface area contributed by atoms with Crippen molar-refractivity contribution in [2.75, 3.05) is 0 Å². The molecule has 1 heterocycles. The van der Waals surface area contributed by atoms with Crippen LogP contribution < -0.4 is 5.73 Å². The van der Waals surface area contributed by atoms with E-state index in [9.17, 15) is 0 Å². The van der Waals surface area contributed by atoms with Crippen LogP contribution in [0.15, 0.2) is 11.4 Å². The molecule has 0 bridgehead atoms. The van der Waals surface area contributed by atoms with Gasteiger partial charge in [-0.1, -0.05) is 26.2 Å². The zero-order chi connectivity index (χ0) is 11.6. The van der Waals surface area contributed by atoms with Crippen LogP contribution in [0.5, 0.6) is 0 Å². The van der Waals surface area contributed by atoms with Crippen LogP contribution in [0.4, 0.5) is 0 Å². The summed E-state index contributed by atoms with van der Waals surface area (Å²) in [5.74, 6) is 0.908. The molecule has 1 saturated carbocycles. The summed E-state index contributed by atoms with van der Waals surface area (Å²) < 4.78 is 0. The lowest BCUT2D eigenvalue weighted by Crippen LogP contribution is -2.35. The van der Waals surface area contributed by atoms with Crippen molar-refractivity contribution in [3.8, 4) is 0 Å². The van der Waals surface area contributed by atoms with Gasteiger partial charge in [-0.2, -0.15) is 0 Å². The molecular weight excluding hydrogens is 214 g/mol. The summed E-state index contributed by atoms with van der Waals surface area (Å²) in [6.07, 6.45) is 7.65. The predicted molar refractivity (Wildman–Crippen MR) is 71.8 cm³/mol. The minimum Gasteiger partial charge on any atom is -0.321 e. The van der Waals surface area contributed by atoms with Crippen LogP contribution in [0.1, 0.15) is 55.9 Å². The number of thiophene rings is 1. The molecular formula is C14H23NS. The fourth-order valence-electron chi connectivity index (χ4n) is 2.96. The molecule has 2 unspecified atom stereocenters. The van der Waals surface area contributed by atoms with E-state index < -0.39 is 0 Å². The van der Waals surface area contributed by atoms with E-state index in [1.54, 1.807) is 0 Å². The highest BCUT2D eigenvalue weighted by atomic mass is 32.1. The molecule has 2 N–H and O–H groups in total. The number of aryl methyl sites for hydroxylation is 1. The Balaban J connectivity index is 2.16. The maximum atomic E-state index is 6.65. The molecule has 1 aliphatic carbocycles. The highest BCUT2D eigenvalue weighted by Gasteiger charge is 2.32. The molecule has 2 rings (SSSR count). The lowest BCUT2D eigenvalue weighted by molar-refractivity contribution is 0.376. The van der Waals surface area contributed by atoms with Crippen molar-refractivity contribution in [3.05, 3.63) is 21.9 Å². The van der Waals surface area contributed by atoms with E-state index in [1.165, 1.54) is 49.0 Å². The molecule has 1 aromatic heterocycles. The third-order valence-corrected chi connectivity index (χ3v) is 5.36. The van der Waals surface area contributed by atoms with Gasteiger partial charge >= 0.3 is 0 Å². The number of rotatable bonds is 2. The molecule has 16 heavy (non-hydrogen) atoms. The smallest absolute Gasteiger partial charge is 0.0506 e. The van der Waals surface area contributed by atoms with Gasteiger partial charge in [-0.05, 0) is 49.1 Å². The predicted octanol–water partition coefficient (Wildman–Crippen LogP) is 4.20. The Labute approximate surface area is 103 Å². The third-order valence-electron chi connectivity index (χ3n) is 4.13. The average Bonchev–Trinajstić information content (AvgIpc) is 2.60. The summed E-state index contributed by atoms with van der Waals surface area (Å²) >= 11 is 1.85. The second-order valence-electron chi connectivity index (χ2n) is 5.29. The van der Waals surface area contributed by atoms with Crippen molar-refractivity contribution in [1.82, 2.24) is 0 Å². The third kappa shape index (κ3) is 2.33. The first-order valence-electron chi connectivity index (χ1n) is 6.49. The Morgan fingerprint density at radius 3 is 2.88 bits per heavy atom. The standard InChI is InChI=1S/C14H23NS/c1-3-12-5-4-8-14(15,9-6-12)13-11(2)7-10-16-13/h7,10,12H,3-6,8-9,15H2,1-2H3. The van der Waals surface area contributed by atoms with Crippen LogP contribution >= 0.6 is 11.3 Å². The first-order chi connectivity index (χ1) is 7.65. The fourth-order valence-corrected chi connectivity index (χ4v) is 4.06. The molecule has 1 aliphatic rings. The average molecular weight is 237 g/mol. The molecule has 2 heteroatoms. The topological polar surface area (TPSA) is 26.0 Å². The summed E-state index contributed by atoms with van der Waals surface area (Å²) in [5, 5.41) is 2.18. The van der Waals surface area contributed by atoms with Gasteiger partial charge < -0.3 is 5.73 Å². The van der Waals surface area contributed by atoms with Crippen LogP contribution in [-0.2, 0) is 5.54 Å². The molecule has 0 aromatic carbocycles. The zero-order valence-electron chi connectivity index (χ0n) is 10.5. The molecule has 0 amide bonds. The van der Waals surface area contributed by atoms with E-state index in [2.05, 4.69) is 25.3 Å². The summed E-state index contributed by atoms with van der Waals surface area (Å²) in [4.78, 5) is 1.43.